The van der Waals surface area contributed by atoms with Crippen LogP contribution in [0.5, 0.6) is 0 Å². The quantitative estimate of drug-likeness (QED) is 0.694. The molecule has 0 saturated heterocycles. The van der Waals surface area contributed by atoms with Gasteiger partial charge in [0, 0.05) is 18.0 Å². The van der Waals surface area contributed by atoms with Crippen molar-refractivity contribution in [1.82, 2.24) is 15.0 Å². The van der Waals surface area contributed by atoms with Crippen molar-refractivity contribution in [3.63, 3.8) is 0 Å². The van der Waals surface area contributed by atoms with Gasteiger partial charge in [-0.25, -0.2) is 4.98 Å². The molecule has 2 rings (SSSR count). The predicted molar refractivity (Wildman–Crippen MR) is 50.3 cm³/mol. The maximum Gasteiger partial charge on any atom is 0.148 e. The van der Waals surface area contributed by atoms with Gasteiger partial charge in [-0.05, 0) is 12.1 Å². The van der Waals surface area contributed by atoms with E-state index in [1.165, 1.54) is 6.20 Å². The third kappa shape index (κ3) is 1.81. The first kappa shape index (κ1) is 8.13. The molecule has 0 spiro atoms. The second-order valence-electron chi connectivity index (χ2n) is 2.47. The molecule has 2 aromatic rings. The van der Waals surface area contributed by atoms with Crippen molar-refractivity contribution >= 4 is 11.6 Å². The van der Waals surface area contributed by atoms with Crippen LogP contribution in [0.1, 0.15) is 0 Å². The minimum Gasteiger partial charge on any atom is -0.264 e. The number of hydrogen-bond acceptors (Lipinski definition) is 3. The molecule has 0 aliphatic rings. The third-order valence-electron chi connectivity index (χ3n) is 1.56. The molecule has 0 saturated carbocycles. The first-order valence-electron chi connectivity index (χ1n) is 3.74. The zero-order valence-corrected chi connectivity index (χ0v) is 7.44. The van der Waals surface area contributed by atoms with Crippen molar-refractivity contribution in [2.45, 2.75) is 0 Å². The number of nitrogens with zero attached hydrogens (tertiary/aromatic N) is 3. The lowest BCUT2D eigenvalue weighted by molar-refractivity contribution is 1.19. The summed E-state index contributed by atoms with van der Waals surface area (Å²) in [7, 11) is 0. The Bertz CT molecular complexity index is 403. The Balaban J connectivity index is 2.48. The van der Waals surface area contributed by atoms with Crippen LogP contribution < -0.4 is 0 Å². The Morgan fingerprint density at radius 2 is 2.00 bits per heavy atom. The third-order valence-corrected chi connectivity index (χ3v) is 1.74. The molecule has 0 aliphatic carbocycles. The van der Waals surface area contributed by atoms with E-state index in [1.54, 1.807) is 18.6 Å². The van der Waals surface area contributed by atoms with E-state index in [9.17, 15) is 0 Å². The van der Waals surface area contributed by atoms with Crippen LogP contribution in [0.2, 0.25) is 5.15 Å². The summed E-state index contributed by atoms with van der Waals surface area (Å²) in [5.41, 5.74) is 1.65. The molecule has 0 aliphatic heterocycles. The number of aromatic nitrogens is 3. The maximum atomic E-state index is 5.70. The van der Waals surface area contributed by atoms with Crippen molar-refractivity contribution in [3.8, 4) is 11.3 Å². The van der Waals surface area contributed by atoms with E-state index >= 15 is 0 Å². The summed E-state index contributed by atoms with van der Waals surface area (Å²) in [6, 6.07) is 3.76. The minimum atomic E-state index is 0.390. The molecule has 0 atom stereocenters. The summed E-state index contributed by atoms with van der Waals surface area (Å²) in [6.07, 6.45) is 6.59. The molecular formula is C9H6ClN3. The van der Waals surface area contributed by atoms with E-state index in [2.05, 4.69) is 15.0 Å². The number of halogens is 1. The average Bonchev–Trinajstić information content (AvgIpc) is 2.19. The lowest BCUT2D eigenvalue weighted by Crippen LogP contribution is -1.86. The van der Waals surface area contributed by atoms with E-state index < -0.39 is 0 Å². The SMILES string of the molecule is Clc1cncc(-c2cccnc2)n1. The Morgan fingerprint density at radius 1 is 1.08 bits per heavy atom. The molecular weight excluding hydrogens is 186 g/mol. The van der Waals surface area contributed by atoms with Gasteiger partial charge in [0.2, 0.25) is 0 Å². The van der Waals surface area contributed by atoms with Gasteiger partial charge in [-0.2, -0.15) is 0 Å². The first-order chi connectivity index (χ1) is 6.36. The van der Waals surface area contributed by atoms with Gasteiger partial charge in [0.05, 0.1) is 18.1 Å². The van der Waals surface area contributed by atoms with Crippen molar-refractivity contribution in [2.75, 3.05) is 0 Å². The fourth-order valence-corrected chi connectivity index (χ4v) is 1.14. The summed E-state index contributed by atoms with van der Waals surface area (Å²) in [6.45, 7) is 0. The zero-order chi connectivity index (χ0) is 9.10. The lowest BCUT2D eigenvalue weighted by Gasteiger charge is -1.98. The van der Waals surface area contributed by atoms with Crippen LogP contribution in [0.3, 0.4) is 0 Å². The summed E-state index contributed by atoms with van der Waals surface area (Å²) >= 11 is 5.70. The van der Waals surface area contributed by atoms with Crippen LogP contribution in [0.25, 0.3) is 11.3 Å². The fraction of sp³-hybridized carbons (Fsp3) is 0. The Labute approximate surface area is 80.5 Å². The average molecular weight is 192 g/mol. The molecule has 4 heteroatoms. The molecule has 13 heavy (non-hydrogen) atoms. The highest BCUT2D eigenvalue weighted by Crippen LogP contribution is 2.15. The predicted octanol–water partition coefficient (Wildman–Crippen LogP) is 2.19. The molecule has 0 aromatic carbocycles. The number of pyridine rings is 1. The Morgan fingerprint density at radius 3 is 2.69 bits per heavy atom. The van der Waals surface area contributed by atoms with E-state index in [1.807, 2.05) is 12.1 Å². The summed E-state index contributed by atoms with van der Waals surface area (Å²) in [5.74, 6) is 0. The highest BCUT2D eigenvalue weighted by Gasteiger charge is 1.99. The molecule has 0 unspecified atom stereocenters. The molecule has 2 aromatic heterocycles. The van der Waals surface area contributed by atoms with Gasteiger partial charge in [-0.3, -0.25) is 9.97 Å². The summed E-state index contributed by atoms with van der Waals surface area (Å²) < 4.78 is 0. The minimum absolute atomic E-state index is 0.390. The van der Waals surface area contributed by atoms with Crippen LogP contribution in [0.15, 0.2) is 36.9 Å². The fourth-order valence-electron chi connectivity index (χ4n) is 0.996. The van der Waals surface area contributed by atoms with E-state index in [0.717, 1.165) is 11.3 Å². The van der Waals surface area contributed by atoms with Crippen LogP contribution in [0.4, 0.5) is 0 Å². The smallest absolute Gasteiger partial charge is 0.148 e. The maximum absolute atomic E-state index is 5.70. The zero-order valence-electron chi connectivity index (χ0n) is 6.68. The van der Waals surface area contributed by atoms with E-state index in [0.29, 0.717) is 5.15 Å². The largest absolute Gasteiger partial charge is 0.264 e. The normalized spacial score (nSPS) is 9.92. The first-order valence-corrected chi connectivity index (χ1v) is 4.12. The molecule has 2 heterocycles. The molecule has 0 N–H and O–H groups in total. The summed E-state index contributed by atoms with van der Waals surface area (Å²) in [5, 5.41) is 0.390. The van der Waals surface area contributed by atoms with E-state index in [-0.39, 0.29) is 0 Å². The van der Waals surface area contributed by atoms with Crippen LogP contribution in [-0.2, 0) is 0 Å². The van der Waals surface area contributed by atoms with Crippen molar-refractivity contribution in [3.05, 3.63) is 42.1 Å². The number of rotatable bonds is 1. The Kier molecular flexibility index (Phi) is 2.19. The van der Waals surface area contributed by atoms with Gasteiger partial charge in [-0.15, -0.1) is 0 Å². The van der Waals surface area contributed by atoms with Crippen LogP contribution in [0, 0.1) is 0 Å². The second kappa shape index (κ2) is 3.49. The number of hydrogen-bond donors (Lipinski definition) is 0. The molecule has 0 fully saturated rings. The highest BCUT2D eigenvalue weighted by molar-refractivity contribution is 6.29. The molecule has 3 nitrogen and oxygen atoms in total. The van der Waals surface area contributed by atoms with Gasteiger partial charge < -0.3 is 0 Å². The van der Waals surface area contributed by atoms with Crippen molar-refractivity contribution in [1.29, 1.82) is 0 Å². The topological polar surface area (TPSA) is 38.7 Å². The molecule has 64 valence electrons. The van der Waals surface area contributed by atoms with Gasteiger partial charge in [0.25, 0.3) is 0 Å². The Hall–Kier alpha value is -1.48. The second-order valence-corrected chi connectivity index (χ2v) is 2.86. The van der Waals surface area contributed by atoms with Gasteiger partial charge in [0.1, 0.15) is 5.15 Å². The van der Waals surface area contributed by atoms with Gasteiger partial charge >= 0.3 is 0 Å². The molecule has 0 bridgehead atoms. The molecule has 0 radical (unpaired) electrons. The van der Waals surface area contributed by atoms with Gasteiger partial charge in [-0.1, -0.05) is 11.6 Å². The van der Waals surface area contributed by atoms with Crippen LogP contribution in [-0.4, -0.2) is 15.0 Å². The van der Waals surface area contributed by atoms with Crippen LogP contribution >= 0.6 is 11.6 Å². The standard InChI is InChI=1S/C9H6ClN3/c10-9-6-12-5-8(13-9)7-2-1-3-11-4-7/h1-6H. The van der Waals surface area contributed by atoms with Crippen molar-refractivity contribution in [2.24, 2.45) is 0 Å². The van der Waals surface area contributed by atoms with Crippen molar-refractivity contribution < 1.29 is 0 Å². The monoisotopic (exact) mass is 191 g/mol. The lowest BCUT2D eigenvalue weighted by atomic mass is 10.2. The van der Waals surface area contributed by atoms with Gasteiger partial charge in [0.15, 0.2) is 0 Å². The highest BCUT2D eigenvalue weighted by atomic mass is 35.5. The van der Waals surface area contributed by atoms with E-state index in [4.69, 9.17) is 11.6 Å². The summed E-state index contributed by atoms with van der Waals surface area (Å²) in [4.78, 5) is 12.0. The molecule has 0 amide bonds.